The summed E-state index contributed by atoms with van der Waals surface area (Å²) in [5.74, 6) is 0. The fourth-order valence-electron chi connectivity index (χ4n) is 1.58. The van der Waals surface area contributed by atoms with Gasteiger partial charge in [0.25, 0.3) is 0 Å². The maximum Gasteiger partial charge on any atom is 0.107 e. The quantitative estimate of drug-likeness (QED) is 0.928. The third-order valence-electron chi connectivity index (χ3n) is 2.47. The van der Waals surface area contributed by atoms with Gasteiger partial charge in [-0.1, -0.05) is 28.1 Å². The van der Waals surface area contributed by atoms with Crippen molar-refractivity contribution in [3.8, 4) is 0 Å². The molecule has 0 amide bonds. The molecule has 0 unspecified atom stereocenters. The Morgan fingerprint density at radius 2 is 2.12 bits per heavy atom. The molecule has 0 atom stereocenters. The summed E-state index contributed by atoms with van der Waals surface area (Å²) < 4.78 is 1.17. The van der Waals surface area contributed by atoms with Gasteiger partial charge in [0.1, 0.15) is 5.01 Å². The Balaban J connectivity index is 1.90. The van der Waals surface area contributed by atoms with Crippen molar-refractivity contribution in [2.24, 2.45) is 0 Å². The van der Waals surface area contributed by atoms with Gasteiger partial charge in [-0.2, -0.15) is 0 Å². The van der Waals surface area contributed by atoms with Gasteiger partial charge in [-0.05, 0) is 31.0 Å². The van der Waals surface area contributed by atoms with Crippen molar-refractivity contribution >= 4 is 27.3 Å². The number of nitrogens with zero attached hydrogens (tertiary/aromatic N) is 1. The van der Waals surface area contributed by atoms with E-state index in [-0.39, 0.29) is 0 Å². The lowest BCUT2D eigenvalue weighted by molar-refractivity contribution is 0.688. The van der Waals surface area contributed by atoms with Crippen LogP contribution in [0.3, 0.4) is 0 Å². The van der Waals surface area contributed by atoms with E-state index >= 15 is 0 Å². The van der Waals surface area contributed by atoms with Gasteiger partial charge in [-0.15, -0.1) is 11.3 Å². The molecule has 0 bridgehead atoms. The summed E-state index contributed by atoms with van der Waals surface area (Å²) in [5, 5.41) is 4.55. The number of rotatable bonds is 4. The summed E-state index contributed by atoms with van der Waals surface area (Å²) in [6.07, 6.45) is 1.92. The molecule has 0 aliphatic rings. The van der Waals surface area contributed by atoms with E-state index in [0.717, 1.165) is 18.1 Å². The molecule has 1 heterocycles. The molecule has 1 aromatic heterocycles. The fraction of sp³-hybridized carbons (Fsp3) is 0.308. The second kappa shape index (κ2) is 5.76. The van der Waals surface area contributed by atoms with Gasteiger partial charge < -0.3 is 5.32 Å². The number of hydrogen-bond donors (Lipinski definition) is 1. The highest BCUT2D eigenvalue weighted by molar-refractivity contribution is 9.10. The van der Waals surface area contributed by atoms with Crippen LogP contribution in [0, 0.1) is 13.8 Å². The number of nitrogens with one attached hydrogen (secondary N) is 1. The molecule has 0 aliphatic heterocycles. The first-order chi connectivity index (χ1) is 8.15. The smallest absolute Gasteiger partial charge is 0.107 e. The second-order valence-corrected chi connectivity index (χ2v) is 6.24. The van der Waals surface area contributed by atoms with E-state index < -0.39 is 0 Å². The van der Waals surface area contributed by atoms with Gasteiger partial charge in [0.05, 0.1) is 0 Å². The normalized spacial score (nSPS) is 10.8. The third-order valence-corrected chi connectivity index (χ3v) is 4.12. The lowest BCUT2D eigenvalue weighted by Gasteiger charge is -2.06. The zero-order valence-electron chi connectivity index (χ0n) is 9.96. The molecule has 2 aromatic rings. The third kappa shape index (κ3) is 3.63. The number of aromatic nitrogens is 1. The Hall–Kier alpha value is -0.710. The van der Waals surface area contributed by atoms with Crippen LogP contribution in [-0.4, -0.2) is 4.98 Å². The molecule has 90 valence electrons. The Kier molecular flexibility index (Phi) is 4.31. The van der Waals surface area contributed by atoms with Gasteiger partial charge in [-0.3, -0.25) is 0 Å². The Morgan fingerprint density at radius 1 is 1.29 bits per heavy atom. The van der Waals surface area contributed by atoms with Crippen molar-refractivity contribution in [1.82, 2.24) is 10.3 Å². The monoisotopic (exact) mass is 310 g/mol. The molecular formula is C13H15BrN2S. The van der Waals surface area contributed by atoms with Gasteiger partial charge in [-0.25, -0.2) is 4.98 Å². The molecule has 1 aromatic carbocycles. The van der Waals surface area contributed by atoms with Crippen LogP contribution in [0.25, 0.3) is 0 Å². The molecule has 0 aliphatic carbocycles. The van der Waals surface area contributed by atoms with E-state index in [2.05, 4.69) is 58.3 Å². The average Bonchev–Trinajstić information content (AvgIpc) is 2.68. The highest BCUT2D eigenvalue weighted by Crippen LogP contribution is 2.18. The largest absolute Gasteiger partial charge is 0.306 e. The lowest BCUT2D eigenvalue weighted by atomic mass is 10.1. The SMILES string of the molecule is Cc1ccc(CNCc2ncc(C)s2)c(Br)c1. The number of thiazole rings is 1. The standard InChI is InChI=1S/C13H15BrN2S/c1-9-3-4-11(12(14)5-9)7-15-8-13-16-6-10(2)17-13/h3-6,15H,7-8H2,1-2H3. The molecule has 0 saturated heterocycles. The first kappa shape index (κ1) is 12.7. The molecule has 17 heavy (non-hydrogen) atoms. The van der Waals surface area contributed by atoms with E-state index in [9.17, 15) is 0 Å². The molecular weight excluding hydrogens is 296 g/mol. The average molecular weight is 311 g/mol. The highest BCUT2D eigenvalue weighted by Gasteiger charge is 2.01. The van der Waals surface area contributed by atoms with E-state index in [1.165, 1.54) is 20.5 Å². The van der Waals surface area contributed by atoms with Crippen LogP contribution in [0.2, 0.25) is 0 Å². The Morgan fingerprint density at radius 3 is 2.76 bits per heavy atom. The second-order valence-electron chi connectivity index (χ2n) is 4.06. The fourth-order valence-corrected chi connectivity index (χ4v) is 2.97. The van der Waals surface area contributed by atoms with Gasteiger partial charge in [0, 0.05) is 28.6 Å². The maximum absolute atomic E-state index is 4.33. The first-order valence-electron chi connectivity index (χ1n) is 5.52. The topological polar surface area (TPSA) is 24.9 Å². The zero-order valence-corrected chi connectivity index (χ0v) is 12.4. The van der Waals surface area contributed by atoms with E-state index in [4.69, 9.17) is 0 Å². The summed E-state index contributed by atoms with van der Waals surface area (Å²) >= 11 is 5.33. The molecule has 0 saturated carbocycles. The van der Waals surface area contributed by atoms with Crippen molar-refractivity contribution < 1.29 is 0 Å². The van der Waals surface area contributed by atoms with Crippen molar-refractivity contribution in [1.29, 1.82) is 0 Å². The predicted molar refractivity (Wildman–Crippen MR) is 76.3 cm³/mol. The summed E-state index contributed by atoms with van der Waals surface area (Å²) in [5.41, 5.74) is 2.56. The van der Waals surface area contributed by atoms with Crippen molar-refractivity contribution in [3.05, 3.63) is 49.9 Å². The molecule has 2 nitrogen and oxygen atoms in total. The van der Waals surface area contributed by atoms with E-state index in [1.54, 1.807) is 11.3 Å². The van der Waals surface area contributed by atoms with Crippen LogP contribution in [0.15, 0.2) is 28.9 Å². The number of aryl methyl sites for hydroxylation is 2. The number of hydrogen-bond acceptors (Lipinski definition) is 3. The molecule has 0 radical (unpaired) electrons. The highest BCUT2D eigenvalue weighted by atomic mass is 79.9. The van der Waals surface area contributed by atoms with Gasteiger partial charge in [0.2, 0.25) is 0 Å². The predicted octanol–water partition coefficient (Wildman–Crippen LogP) is 3.81. The maximum atomic E-state index is 4.33. The zero-order chi connectivity index (χ0) is 12.3. The lowest BCUT2D eigenvalue weighted by Crippen LogP contribution is -2.12. The van der Waals surface area contributed by atoms with E-state index in [0.29, 0.717) is 0 Å². The molecule has 0 spiro atoms. The summed E-state index contributed by atoms with van der Waals surface area (Å²) in [6, 6.07) is 6.43. The van der Waals surface area contributed by atoms with Crippen LogP contribution in [-0.2, 0) is 13.1 Å². The molecule has 2 rings (SSSR count). The minimum atomic E-state index is 0.832. The minimum Gasteiger partial charge on any atom is -0.306 e. The van der Waals surface area contributed by atoms with Crippen molar-refractivity contribution in [3.63, 3.8) is 0 Å². The minimum absolute atomic E-state index is 0.832. The molecule has 4 heteroatoms. The van der Waals surface area contributed by atoms with Crippen LogP contribution in [0.4, 0.5) is 0 Å². The molecule has 1 N–H and O–H groups in total. The van der Waals surface area contributed by atoms with Gasteiger partial charge >= 0.3 is 0 Å². The van der Waals surface area contributed by atoms with Crippen LogP contribution >= 0.6 is 27.3 Å². The molecule has 0 fully saturated rings. The van der Waals surface area contributed by atoms with Crippen molar-refractivity contribution in [2.75, 3.05) is 0 Å². The van der Waals surface area contributed by atoms with Crippen LogP contribution in [0.5, 0.6) is 0 Å². The van der Waals surface area contributed by atoms with Crippen LogP contribution < -0.4 is 5.32 Å². The Bertz CT molecular complexity index is 508. The summed E-state index contributed by atoms with van der Waals surface area (Å²) in [4.78, 5) is 5.59. The first-order valence-corrected chi connectivity index (χ1v) is 7.13. The summed E-state index contributed by atoms with van der Waals surface area (Å²) in [6.45, 7) is 5.87. The van der Waals surface area contributed by atoms with E-state index in [1.807, 2.05) is 6.20 Å². The van der Waals surface area contributed by atoms with Crippen molar-refractivity contribution in [2.45, 2.75) is 26.9 Å². The van der Waals surface area contributed by atoms with Crippen LogP contribution in [0.1, 0.15) is 21.0 Å². The summed E-state index contributed by atoms with van der Waals surface area (Å²) in [7, 11) is 0. The van der Waals surface area contributed by atoms with Gasteiger partial charge in [0.15, 0.2) is 0 Å². The Labute approximate surface area is 114 Å². The number of halogens is 1. The number of benzene rings is 1.